The molecule has 1 aliphatic heterocycles. The van der Waals surface area contributed by atoms with Crippen LogP contribution in [0.2, 0.25) is 0 Å². The number of rotatable bonds is 6. The second-order valence-electron chi connectivity index (χ2n) is 10.3. The fourth-order valence-electron chi connectivity index (χ4n) is 5.68. The zero-order valence-electron chi connectivity index (χ0n) is 21.4. The summed E-state index contributed by atoms with van der Waals surface area (Å²) in [6.45, 7) is 7.04. The van der Waals surface area contributed by atoms with E-state index < -0.39 is 0 Å². The summed E-state index contributed by atoms with van der Waals surface area (Å²) in [5.41, 5.74) is 2.80. The molecular weight excluding hydrogens is 459 g/mol. The van der Waals surface area contributed by atoms with Gasteiger partial charge in [0.15, 0.2) is 5.65 Å². The summed E-state index contributed by atoms with van der Waals surface area (Å²) in [5, 5.41) is 4.66. The first-order valence-corrected chi connectivity index (χ1v) is 13.4. The van der Waals surface area contributed by atoms with Crippen molar-refractivity contribution in [1.82, 2.24) is 19.5 Å². The molecule has 7 nitrogen and oxygen atoms in total. The van der Waals surface area contributed by atoms with Crippen LogP contribution in [0.15, 0.2) is 30.1 Å². The molecule has 0 aromatic carbocycles. The first-order chi connectivity index (χ1) is 17.4. The van der Waals surface area contributed by atoms with E-state index in [1.165, 1.54) is 0 Å². The van der Waals surface area contributed by atoms with E-state index >= 15 is 4.39 Å². The van der Waals surface area contributed by atoms with E-state index in [9.17, 15) is 9.59 Å². The third kappa shape index (κ3) is 4.70. The van der Waals surface area contributed by atoms with Gasteiger partial charge in [0.1, 0.15) is 11.5 Å². The quantitative estimate of drug-likeness (QED) is 0.519. The fourth-order valence-corrected chi connectivity index (χ4v) is 5.68. The second kappa shape index (κ2) is 10.1. The summed E-state index contributed by atoms with van der Waals surface area (Å²) in [5.74, 6) is -0.446. The monoisotopic (exact) mass is 494 g/mol. The van der Waals surface area contributed by atoms with Crippen LogP contribution in [0.1, 0.15) is 81.2 Å². The van der Waals surface area contributed by atoms with E-state index in [-0.39, 0.29) is 47.9 Å². The first kappa shape index (κ1) is 24.7. The van der Waals surface area contributed by atoms with Gasteiger partial charge in [0.2, 0.25) is 0 Å². The third-order valence-electron chi connectivity index (χ3n) is 7.87. The van der Waals surface area contributed by atoms with Crippen molar-refractivity contribution < 1.29 is 18.7 Å². The highest BCUT2D eigenvalue weighted by Gasteiger charge is 2.48. The van der Waals surface area contributed by atoms with E-state index in [1.807, 2.05) is 24.0 Å². The Balaban J connectivity index is 1.38. The topological polar surface area (TPSA) is 76.8 Å². The summed E-state index contributed by atoms with van der Waals surface area (Å²) >= 11 is 0. The number of aromatic nitrogens is 3. The number of likely N-dealkylation sites (tertiary alicyclic amines) is 1. The highest BCUT2D eigenvalue weighted by atomic mass is 19.1. The molecule has 36 heavy (non-hydrogen) atoms. The predicted octanol–water partition coefficient (Wildman–Crippen LogP) is 5.15. The van der Waals surface area contributed by atoms with E-state index in [2.05, 4.69) is 17.0 Å². The summed E-state index contributed by atoms with van der Waals surface area (Å²) < 4.78 is 22.1. The molecule has 2 aromatic rings. The van der Waals surface area contributed by atoms with Gasteiger partial charge in [-0.3, -0.25) is 9.59 Å². The molecule has 1 saturated heterocycles. The van der Waals surface area contributed by atoms with Crippen LogP contribution in [-0.2, 0) is 16.0 Å². The number of hydrogen-bond donors (Lipinski definition) is 0. The number of ether oxygens (including phenoxy) is 1. The summed E-state index contributed by atoms with van der Waals surface area (Å²) in [6, 6.07) is 3.78. The molecular formula is C28H35FN4O3. The molecule has 0 spiro atoms. The van der Waals surface area contributed by atoms with Crippen molar-refractivity contribution in [3.8, 4) is 0 Å². The lowest BCUT2D eigenvalue weighted by Crippen LogP contribution is -2.38. The minimum atomic E-state index is -0.229. The molecule has 3 heterocycles. The van der Waals surface area contributed by atoms with Crippen LogP contribution in [0.25, 0.3) is 11.2 Å². The molecule has 0 bridgehead atoms. The van der Waals surface area contributed by atoms with Gasteiger partial charge in [-0.05, 0) is 57.4 Å². The van der Waals surface area contributed by atoms with E-state index in [0.29, 0.717) is 35.6 Å². The highest BCUT2D eigenvalue weighted by Crippen LogP contribution is 2.49. The SMILES string of the molecule is CCOC(=O)[C@H]1C[C@H]1C1C=CC(c2cc3nc(C(=O)N4CCCCC[C@H]4C)cc(CC)n3n2)=C(F)C1. The first-order valence-electron chi connectivity index (χ1n) is 13.4. The van der Waals surface area contributed by atoms with E-state index in [4.69, 9.17) is 4.74 Å². The molecule has 5 rings (SSSR count). The Morgan fingerprint density at radius 3 is 2.78 bits per heavy atom. The average Bonchev–Trinajstić information content (AvgIpc) is 3.61. The maximum Gasteiger partial charge on any atom is 0.309 e. The lowest BCUT2D eigenvalue weighted by atomic mass is 9.90. The zero-order chi connectivity index (χ0) is 25.4. The average molecular weight is 495 g/mol. The van der Waals surface area contributed by atoms with Crippen LogP contribution in [-0.4, -0.2) is 50.6 Å². The normalized spacial score (nSPS) is 26.3. The highest BCUT2D eigenvalue weighted by molar-refractivity contribution is 5.93. The Bertz CT molecular complexity index is 1230. The van der Waals surface area contributed by atoms with Gasteiger partial charge in [0.25, 0.3) is 5.91 Å². The van der Waals surface area contributed by atoms with Crippen LogP contribution >= 0.6 is 0 Å². The van der Waals surface area contributed by atoms with Crippen LogP contribution in [0.4, 0.5) is 4.39 Å². The number of amides is 1. The van der Waals surface area contributed by atoms with Crippen LogP contribution in [0.5, 0.6) is 0 Å². The Hall–Kier alpha value is -3.03. The van der Waals surface area contributed by atoms with Crippen molar-refractivity contribution in [2.45, 2.75) is 71.8 Å². The van der Waals surface area contributed by atoms with Crippen molar-refractivity contribution >= 4 is 23.1 Å². The minimum Gasteiger partial charge on any atom is -0.466 e. The van der Waals surface area contributed by atoms with Crippen LogP contribution in [0.3, 0.4) is 0 Å². The van der Waals surface area contributed by atoms with Crippen molar-refractivity contribution in [3.05, 3.63) is 47.2 Å². The van der Waals surface area contributed by atoms with Gasteiger partial charge < -0.3 is 9.64 Å². The summed E-state index contributed by atoms with van der Waals surface area (Å²) in [6.07, 6.45) is 9.76. The van der Waals surface area contributed by atoms with Gasteiger partial charge in [-0.25, -0.2) is 13.9 Å². The molecule has 4 atom stereocenters. The summed E-state index contributed by atoms with van der Waals surface area (Å²) in [4.78, 5) is 32.0. The van der Waals surface area contributed by atoms with Crippen molar-refractivity contribution in [2.75, 3.05) is 13.2 Å². The molecule has 1 unspecified atom stereocenters. The number of aryl methyl sites for hydroxylation is 1. The molecule has 8 heteroatoms. The largest absolute Gasteiger partial charge is 0.466 e. The lowest BCUT2D eigenvalue weighted by Gasteiger charge is -2.27. The Labute approximate surface area is 211 Å². The summed E-state index contributed by atoms with van der Waals surface area (Å²) in [7, 11) is 0. The predicted molar refractivity (Wildman–Crippen MR) is 135 cm³/mol. The maximum absolute atomic E-state index is 15.3. The second-order valence-corrected chi connectivity index (χ2v) is 10.3. The zero-order valence-corrected chi connectivity index (χ0v) is 21.4. The minimum absolute atomic E-state index is 0.00986. The van der Waals surface area contributed by atoms with Crippen LogP contribution < -0.4 is 0 Å². The number of esters is 1. The van der Waals surface area contributed by atoms with Gasteiger partial charge in [-0.2, -0.15) is 5.10 Å². The number of carbonyl (C=O) groups is 2. The number of nitrogens with zero attached hydrogens (tertiary/aromatic N) is 4. The molecule has 192 valence electrons. The Kier molecular flexibility index (Phi) is 6.95. The molecule has 1 amide bonds. The molecule has 2 fully saturated rings. The number of carbonyl (C=O) groups excluding carboxylic acids is 2. The van der Waals surface area contributed by atoms with Crippen molar-refractivity contribution in [1.29, 1.82) is 0 Å². The van der Waals surface area contributed by atoms with Crippen molar-refractivity contribution in [3.63, 3.8) is 0 Å². The molecule has 2 aromatic heterocycles. The van der Waals surface area contributed by atoms with Gasteiger partial charge in [-0.1, -0.05) is 31.9 Å². The number of fused-ring (bicyclic) bond motifs is 1. The molecule has 2 aliphatic carbocycles. The fraction of sp³-hybridized carbons (Fsp3) is 0.571. The Morgan fingerprint density at radius 1 is 1.19 bits per heavy atom. The van der Waals surface area contributed by atoms with Gasteiger partial charge in [0, 0.05) is 36.3 Å². The van der Waals surface area contributed by atoms with Crippen LogP contribution in [0, 0.1) is 17.8 Å². The van der Waals surface area contributed by atoms with E-state index in [0.717, 1.165) is 44.3 Å². The lowest BCUT2D eigenvalue weighted by molar-refractivity contribution is -0.145. The number of hydrogen-bond acceptors (Lipinski definition) is 5. The third-order valence-corrected chi connectivity index (χ3v) is 7.87. The number of halogens is 1. The maximum atomic E-state index is 15.3. The van der Waals surface area contributed by atoms with Gasteiger partial charge in [0.05, 0.1) is 18.2 Å². The molecule has 1 saturated carbocycles. The molecule has 0 N–H and O–H groups in total. The van der Waals surface area contributed by atoms with Gasteiger partial charge >= 0.3 is 5.97 Å². The smallest absolute Gasteiger partial charge is 0.309 e. The molecule has 3 aliphatic rings. The standard InChI is InChI=1S/C28H35FN4O3/c1-4-19-14-25(27(34)32-12-8-6-7-9-17(32)3)30-26-16-24(31-33(19)26)20-11-10-18(13-23(20)29)21-15-22(21)28(35)36-5-2/h10-11,14,16-18,21-22H,4-9,12-13,15H2,1-3H3/t17-,18?,21+,22+/m1/s1. The number of allylic oxidation sites excluding steroid dienone is 4. The van der Waals surface area contributed by atoms with Gasteiger partial charge in [-0.15, -0.1) is 0 Å². The Morgan fingerprint density at radius 2 is 2.03 bits per heavy atom. The van der Waals surface area contributed by atoms with E-state index in [1.54, 1.807) is 23.6 Å². The van der Waals surface area contributed by atoms with Crippen molar-refractivity contribution in [2.24, 2.45) is 17.8 Å². The molecule has 0 radical (unpaired) electrons.